The van der Waals surface area contributed by atoms with Crippen LogP contribution in [0.5, 0.6) is 11.5 Å². The summed E-state index contributed by atoms with van der Waals surface area (Å²) in [5.41, 5.74) is 0.826. The highest BCUT2D eigenvalue weighted by Crippen LogP contribution is 2.27. The van der Waals surface area contributed by atoms with Gasteiger partial charge in [-0.25, -0.2) is 4.21 Å². The maximum atomic E-state index is 10.6. The average Bonchev–Trinajstić information content (AvgIpc) is 2.49. The summed E-state index contributed by atoms with van der Waals surface area (Å²) in [6.07, 6.45) is 0. The van der Waals surface area contributed by atoms with Gasteiger partial charge in [-0.15, -0.1) is 0 Å². The Labute approximate surface area is 122 Å². The zero-order valence-electron chi connectivity index (χ0n) is 11.5. The molecule has 5 nitrogen and oxygen atoms in total. The van der Waals surface area contributed by atoms with Crippen molar-refractivity contribution in [3.63, 3.8) is 0 Å². The number of hydrogen-bond donors (Lipinski definition) is 0. The number of hydrogen-bond acceptors (Lipinski definition) is 5. The van der Waals surface area contributed by atoms with Gasteiger partial charge in [0.15, 0.2) is 11.5 Å². The Morgan fingerprint density at radius 2 is 2.15 bits per heavy atom. The Morgan fingerprint density at radius 1 is 1.35 bits per heavy atom. The minimum atomic E-state index is 0.430. The van der Waals surface area contributed by atoms with Crippen LogP contribution in [0.4, 0.5) is 0 Å². The maximum absolute atomic E-state index is 10.6. The van der Waals surface area contributed by atoms with E-state index in [9.17, 15) is 4.21 Å². The van der Waals surface area contributed by atoms with Gasteiger partial charge in [-0.05, 0) is 17.7 Å². The van der Waals surface area contributed by atoms with Crippen LogP contribution in [-0.4, -0.2) is 61.0 Å². The summed E-state index contributed by atoms with van der Waals surface area (Å²) in [6.45, 7) is 4.91. The predicted octanol–water partition coefficient (Wildman–Crippen LogP) is 0.769. The molecule has 0 N–H and O–H groups in total. The Balaban J connectivity index is 1.92. The highest BCUT2D eigenvalue weighted by molar-refractivity contribution is 7.65. The first-order valence-electron chi connectivity index (χ1n) is 6.56. The minimum absolute atomic E-state index is 0.430. The van der Waals surface area contributed by atoms with E-state index in [0.29, 0.717) is 29.4 Å². The number of nitrogens with zero attached hydrogens (tertiary/aromatic N) is 1. The summed E-state index contributed by atoms with van der Waals surface area (Å²) in [5, 5.41) is 1.54. The van der Waals surface area contributed by atoms with Gasteiger partial charge in [-0.2, -0.15) is 0 Å². The first kappa shape index (κ1) is 15.0. The van der Waals surface area contributed by atoms with Crippen molar-refractivity contribution in [1.29, 1.82) is 0 Å². The van der Waals surface area contributed by atoms with Gasteiger partial charge >= 0.3 is 0 Å². The first-order chi connectivity index (χ1) is 9.83. The summed E-state index contributed by atoms with van der Waals surface area (Å²) < 4.78 is 26.9. The molecular formula is C14H19NO4S. The molecule has 1 saturated heterocycles. The highest BCUT2D eigenvalue weighted by Gasteiger charge is 2.11. The van der Waals surface area contributed by atoms with Gasteiger partial charge in [0.1, 0.15) is 6.61 Å². The zero-order chi connectivity index (χ0) is 14.2. The van der Waals surface area contributed by atoms with E-state index in [0.717, 1.165) is 38.4 Å². The third-order valence-corrected chi connectivity index (χ3v) is 3.51. The quantitative estimate of drug-likeness (QED) is 0.726. The number of rotatable bonds is 6. The molecule has 0 spiro atoms. The number of benzene rings is 1. The summed E-state index contributed by atoms with van der Waals surface area (Å²) in [6, 6.07) is 5.47. The van der Waals surface area contributed by atoms with Gasteiger partial charge in [0.25, 0.3) is 0 Å². The molecule has 0 radical (unpaired) electrons. The van der Waals surface area contributed by atoms with Gasteiger partial charge in [0, 0.05) is 25.0 Å². The van der Waals surface area contributed by atoms with Gasteiger partial charge < -0.3 is 14.2 Å². The van der Waals surface area contributed by atoms with E-state index in [2.05, 4.69) is 4.90 Å². The van der Waals surface area contributed by atoms with E-state index < -0.39 is 0 Å². The zero-order valence-corrected chi connectivity index (χ0v) is 12.4. The van der Waals surface area contributed by atoms with Crippen LogP contribution in [0.1, 0.15) is 5.56 Å². The van der Waals surface area contributed by atoms with Crippen LogP contribution in [0, 0.1) is 0 Å². The molecule has 0 atom stereocenters. The number of morpholine rings is 1. The van der Waals surface area contributed by atoms with E-state index in [-0.39, 0.29) is 0 Å². The molecule has 1 heterocycles. The molecule has 1 aliphatic rings. The van der Waals surface area contributed by atoms with Crippen LogP contribution >= 0.6 is 0 Å². The monoisotopic (exact) mass is 297 g/mol. The molecule has 2 rings (SSSR count). The van der Waals surface area contributed by atoms with Crippen molar-refractivity contribution >= 4 is 16.6 Å². The lowest BCUT2D eigenvalue weighted by molar-refractivity contribution is 0.0321. The van der Waals surface area contributed by atoms with Crippen molar-refractivity contribution in [3.8, 4) is 11.5 Å². The number of ether oxygens (including phenoxy) is 3. The molecule has 6 heteroatoms. The lowest BCUT2D eigenvalue weighted by atomic mass is 10.2. The minimum Gasteiger partial charge on any atom is -0.493 e. The molecule has 0 amide bonds. The largest absolute Gasteiger partial charge is 0.493 e. The van der Waals surface area contributed by atoms with Gasteiger partial charge in [0.05, 0.1) is 31.6 Å². The molecular weight excluding hydrogens is 278 g/mol. The molecule has 1 aromatic carbocycles. The smallest absolute Gasteiger partial charge is 0.161 e. The summed E-state index contributed by atoms with van der Waals surface area (Å²) in [7, 11) is 1.61. The van der Waals surface area contributed by atoms with Gasteiger partial charge in [-0.1, -0.05) is 6.07 Å². The van der Waals surface area contributed by atoms with Gasteiger partial charge in [0.2, 0.25) is 0 Å². The Bertz CT molecular complexity index is 482. The highest BCUT2D eigenvalue weighted by atomic mass is 32.1. The van der Waals surface area contributed by atoms with Crippen LogP contribution in [0.15, 0.2) is 18.2 Å². The third-order valence-electron chi connectivity index (χ3n) is 3.14. The molecule has 1 aliphatic heterocycles. The SMILES string of the molecule is COc1ccc(C=S=O)cc1OCCN1CCOCC1. The van der Waals surface area contributed by atoms with Crippen LogP contribution in [0.2, 0.25) is 0 Å². The van der Waals surface area contributed by atoms with E-state index in [1.54, 1.807) is 7.11 Å². The molecule has 0 unspecified atom stereocenters. The molecule has 1 aromatic rings. The number of methoxy groups -OCH3 is 1. The molecule has 110 valence electrons. The second-order valence-corrected chi connectivity index (χ2v) is 4.86. The lowest BCUT2D eigenvalue weighted by Gasteiger charge is -2.26. The first-order valence-corrected chi connectivity index (χ1v) is 7.37. The van der Waals surface area contributed by atoms with Crippen LogP contribution in [0.25, 0.3) is 0 Å². The van der Waals surface area contributed by atoms with Crippen molar-refractivity contribution in [1.82, 2.24) is 4.90 Å². The topological polar surface area (TPSA) is 48.0 Å². The molecule has 0 saturated carbocycles. The second-order valence-electron chi connectivity index (χ2n) is 4.43. The molecule has 1 fully saturated rings. The fourth-order valence-corrected chi connectivity index (χ4v) is 2.30. The fourth-order valence-electron chi connectivity index (χ4n) is 2.04. The Kier molecular flexibility index (Phi) is 6.04. The summed E-state index contributed by atoms with van der Waals surface area (Å²) >= 11 is 0.430. The molecule has 0 aliphatic carbocycles. The van der Waals surface area contributed by atoms with E-state index >= 15 is 0 Å². The van der Waals surface area contributed by atoms with Crippen LogP contribution < -0.4 is 9.47 Å². The fraction of sp³-hybridized carbons (Fsp3) is 0.500. The predicted molar refractivity (Wildman–Crippen MR) is 79.1 cm³/mol. The molecule has 0 aromatic heterocycles. The van der Waals surface area contributed by atoms with E-state index in [1.165, 1.54) is 5.37 Å². The van der Waals surface area contributed by atoms with Crippen molar-refractivity contribution in [2.45, 2.75) is 0 Å². The summed E-state index contributed by atoms with van der Waals surface area (Å²) in [4.78, 5) is 2.31. The maximum Gasteiger partial charge on any atom is 0.161 e. The normalized spacial score (nSPS) is 15.7. The van der Waals surface area contributed by atoms with Crippen molar-refractivity contribution < 1.29 is 18.4 Å². The lowest BCUT2D eigenvalue weighted by Crippen LogP contribution is -2.38. The summed E-state index contributed by atoms with van der Waals surface area (Å²) in [5.74, 6) is 1.35. The van der Waals surface area contributed by atoms with E-state index in [4.69, 9.17) is 14.2 Å². The standard InChI is InChI=1S/C14H19NO4S/c1-17-13-3-2-12(11-20-16)10-14(13)19-9-6-15-4-7-18-8-5-15/h2-3,10-11H,4-9H2,1H3. The Hall–Kier alpha value is -1.37. The average molecular weight is 297 g/mol. The van der Waals surface area contributed by atoms with Crippen molar-refractivity contribution in [3.05, 3.63) is 23.8 Å². The molecule has 0 bridgehead atoms. The van der Waals surface area contributed by atoms with Crippen molar-refractivity contribution in [2.75, 3.05) is 46.6 Å². The second kappa shape index (κ2) is 8.04. The Morgan fingerprint density at radius 3 is 2.85 bits per heavy atom. The molecule has 20 heavy (non-hydrogen) atoms. The van der Waals surface area contributed by atoms with E-state index in [1.807, 2.05) is 18.2 Å². The van der Waals surface area contributed by atoms with Crippen LogP contribution in [0.3, 0.4) is 0 Å². The van der Waals surface area contributed by atoms with Crippen molar-refractivity contribution in [2.24, 2.45) is 0 Å². The third kappa shape index (κ3) is 4.33. The van der Waals surface area contributed by atoms with Gasteiger partial charge in [-0.3, -0.25) is 4.90 Å². The van der Waals surface area contributed by atoms with Crippen LogP contribution in [-0.2, 0) is 16.0 Å².